The first-order valence-electron chi connectivity index (χ1n) is 6.29. The van der Waals surface area contributed by atoms with E-state index in [0.717, 1.165) is 25.8 Å². The minimum absolute atomic E-state index is 0.123. The first-order valence-corrected chi connectivity index (χ1v) is 7.37. The Hall–Kier alpha value is -1.16. The number of hydrogen-bond donors (Lipinski definition) is 0. The number of ketones is 1. The largest absolute Gasteiger partial charge is 0.289 e. The Morgan fingerprint density at radius 1 is 0.895 bits per heavy atom. The summed E-state index contributed by atoms with van der Waals surface area (Å²) in [5, 5.41) is 0. The van der Waals surface area contributed by atoms with Crippen LogP contribution in [0.15, 0.2) is 30.3 Å². The van der Waals surface area contributed by atoms with Gasteiger partial charge in [-0.1, -0.05) is 6.07 Å². The molecule has 19 heavy (non-hydrogen) atoms. The molecule has 0 radical (unpaired) electrons. The lowest BCUT2D eigenvalue weighted by atomic mass is 9.89. The van der Waals surface area contributed by atoms with Crippen molar-refractivity contribution >= 4 is 28.4 Å². The van der Waals surface area contributed by atoms with E-state index in [9.17, 15) is 4.79 Å². The van der Waals surface area contributed by atoms with Crippen LogP contribution in [-0.2, 0) is 0 Å². The molecule has 0 heterocycles. The van der Waals surface area contributed by atoms with E-state index in [-0.39, 0.29) is 5.78 Å². The minimum Gasteiger partial charge on any atom is -0.289 e. The number of benzene rings is 2. The van der Waals surface area contributed by atoms with Gasteiger partial charge in [-0.15, -0.1) is 0 Å². The second-order valence-electron chi connectivity index (χ2n) is 4.97. The topological polar surface area (TPSA) is 17.1 Å². The van der Waals surface area contributed by atoms with Crippen LogP contribution in [0.4, 0.5) is 0 Å². The second kappa shape index (κ2) is 5.45. The maximum absolute atomic E-state index is 12.7. The van der Waals surface area contributed by atoms with Gasteiger partial charge in [-0.3, -0.25) is 4.79 Å². The van der Waals surface area contributed by atoms with E-state index in [4.69, 9.17) is 0 Å². The lowest BCUT2D eigenvalue weighted by Crippen LogP contribution is -2.09. The molecule has 1 nitrogen and oxygen atoms in total. The van der Waals surface area contributed by atoms with Crippen LogP contribution in [0.25, 0.3) is 0 Å². The molecule has 2 aromatic carbocycles. The molecule has 0 saturated carbocycles. The first kappa shape index (κ1) is 14.3. The molecule has 0 saturated heterocycles. The molecule has 0 unspecified atom stereocenters. The van der Waals surface area contributed by atoms with Crippen LogP contribution in [0.2, 0.25) is 0 Å². The number of aryl methyl sites for hydroxylation is 2. The van der Waals surface area contributed by atoms with Gasteiger partial charge >= 0.3 is 0 Å². The molecule has 0 N–H and O–H groups in total. The molecule has 0 fully saturated rings. The van der Waals surface area contributed by atoms with Gasteiger partial charge in [0.15, 0.2) is 5.78 Å². The van der Waals surface area contributed by atoms with Crippen molar-refractivity contribution in [1.29, 1.82) is 0 Å². The van der Waals surface area contributed by atoms with Crippen molar-refractivity contribution in [1.82, 2.24) is 0 Å². The quantitative estimate of drug-likeness (QED) is 0.555. The average Bonchev–Trinajstić information content (AvgIpc) is 2.37. The van der Waals surface area contributed by atoms with Crippen LogP contribution in [-0.4, -0.2) is 5.78 Å². The fraction of sp³-hybridized carbons (Fsp3) is 0.235. The molecule has 0 aliphatic heterocycles. The number of carbonyl (C=O) groups excluding carboxylic acids is 1. The molecule has 98 valence electrons. The lowest BCUT2D eigenvalue weighted by Gasteiger charge is -2.14. The summed E-state index contributed by atoms with van der Waals surface area (Å²) in [6, 6.07) is 9.90. The summed E-state index contributed by atoms with van der Waals surface area (Å²) in [5.41, 5.74) is 6.16. The average molecular weight is 364 g/mol. The zero-order valence-electron chi connectivity index (χ0n) is 11.7. The second-order valence-corrected chi connectivity index (χ2v) is 6.22. The molecular formula is C17H17IO. The van der Waals surface area contributed by atoms with Crippen LogP contribution in [0.5, 0.6) is 0 Å². The van der Waals surface area contributed by atoms with Gasteiger partial charge in [-0.2, -0.15) is 0 Å². The molecular weight excluding hydrogens is 347 g/mol. The van der Waals surface area contributed by atoms with Gasteiger partial charge in [-0.25, -0.2) is 0 Å². The first-order chi connectivity index (χ1) is 8.91. The summed E-state index contributed by atoms with van der Waals surface area (Å²) in [5.74, 6) is 0.123. The van der Waals surface area contributed by atoms with Gasteiger partial charge in [-0.05, 0) is 96.8 Å². The van der Waals surface area contributed by atoms with E-state index >= 15 is 0 Å². The molecule has 2 aromatic rings. The summed E-state index contributed by atoms with van der Waals surface area (Å²) >= 11 is 2.25. The number of halogens is 1. The molecule has 0 bridgehead atoms. The highest BCUT2D eigenvalue weighted by Gasteiger charge is 2.17. The Morgan fingerprint density at radius 3 is 1.84 bits per heavy atom. The minimum atomic E-state index is 0.123. The maximum Gasteiger partial charge on any atom is 0.193 e. The zero-order valence-corrected chi connectivity index (χ0v) is 13.8. The summed E-state index contributed by atoms with van der Waals surface area (Å²) in [6.07, 6.45) is 0. The molecule has 0 amide bonds. The highest BCUT2D eigenvalue weighted by molar-refractivity contribution is 14.1. The molecule has 0 aromatic heterocycles. The summed E-state index contributed by atoms with van der Waals surface area (Å²) in [4.78, 5) is 12.7. The monoisotopic (exact) mass is 364 g/mol. The van der Waals surface area contributed by atoms with E-state index in [2.05, 4.69) is 42.5 Å². The fourth-order valence-electron chi connectivity index (χ4n) is 2.30. The van der Waals surface area contributed by atoms with Crippen LogP contribution in [0.1, 0.15) is 38.2 Å². The highest BCUT2D eigenvalue weighted by atomic mass is 127. The number of hydrogen-bond acceptors (Lipinski definition) is 1. The van der Waals surface area contributed by atoms with Crippen molar-refractivity contribution in [2.24, 2.45) is 0 Å². The number of carbonyl (C=O) groups is 1. The van der Waals surface area contributed by atoms with Crippen molar-refractivity contribution in [3.8, 4) is 0 Å². The Kier molecular flexibility index (Phi) is 4.09. The normalized spacial score (nSPS) is 10.6. The van der Waals surface area contributed by atoms with Crippen LogP contribution < -0.4 is 0 Å². The fourth-order valence-corrected chi connectivity index (χ4v) is 2.66. The van der Waals surface area contributed by atoms with E-state index in [0.29, 0.717) is 0 Å². The summed E-state index contributed by atoms with van der Waals surface area (Å²) in [7, 11) is 0. The van der Waals surface area contributed by atoms with Crippen molar-refractivity contribution in [3.63, 3.8) is 0 Å². The van der Waals surface area contributed by atoms with E-state index in [1.54, 1.807) is 0 Å². The third-order valence-electron chi connectivity index (χ3n) is 3.70. The molecule has 2 heteroatoms. The van der Waals surface area contributed by atoms with Gasteiger partial charge in [0.1, 0.15) is 0 Å². The predicted molar refractivity (Wildman–Crippen MR) is 88.0 cm³/mol. The number of rotatable bonds is 2. The maximum atomic E-state index is 12.7. The van der Waals surface area contributed by atoms with Crippen molar-refractivity contribution < 1.29 is 4.79 Å². The molecule has 0 aliphatic rings. The van der Waals surface area contributed by atoms with Gasteiger partial charge in [0, 0.05) is 14.7 Å². The third-order valence-corrected chi connectivity index (χ3v) is 4.42. The molecule has 0 atom stereocenters. The van der Waals surface area contributed by atoms with Crippen LogP contribution in [0.3, 0.4) is 0 Å². The van der Waals surface area contributed by atoms with Crippen molar-refractivity contribution in [2.75, 3.05) is 0 Å². The predicted octanol–water partition coefficient (Wildman–Crippen LogP) is 4.76. The Bertz CT molecular complexity index is 613. The molecule has 0 spiro atoms. The Labute approximate surface area is 128 Å². The highest BCUT2D eigenvalue weighted by Crippen LogP contribution is 2.24. The SMILES string of the molecule is Cc1cc(C)c(C)c(C(=O)c2ccc(I)cc2)c1C. The van der Waals surface area contributed by atoms with Gasteiger partial charge in [0.2, 0.25) is 0 Å². The molecule has 0 aliphatic carbocycles. The van der Waals surface area contributed by atoms with Crippen LogP contribution >= 0.6 is 22.6 Å². The van der Waals surface area contributed by atoms with E-state index < -0.39 is 0 Å². The standard InChI is InChI=1S/C17H17IO/c1-10-9-11(2)13(4)16(12(10)3)17(19)14-5-7-15(18)8-6-14/h5-9H,1-4H3. The smallest absolute Gasteiger partial charge is 0.193 e. The van der Waals surface area contributed by atoms with Crippen LogP contribution in [0, 0.1) is 31.3 Å². The third kappa shape index (κ3) is 2.73. The zero-order chi connectivity index (χ0) is 14.2. The summed E-state index contributed by atoms with van der Waals surface area (Å²) in [6.45, 7) is 8.18. The van der Waals surface area contributed by atoms with E-state index in [1.807, 2.05) is 38.1 Å². The summed E-state index contributed by atoms with van der Waals surface area (Å²) < 4.78 is 1.14. The van der Waals surface area contributed by atoms with Gasteiger partial charge in [0.25, 0.3) is 0 Å². The van der Waals surface area contributed by atoms with Gasteiger partial charge in [0.05, 0.1) is 0 Å². The van der Waals surface area contributed by atoms with E-state index in [1.165, 1.54) is 11.1 Å². The lowest BCUT2D eigenvalue weighted by molar-refractivity contribution is 0.103. The Morgan fingerprint density at radius 2 is 1.37 bits per heavy atom. The van der Waals surface area contributed by atoms with Gasteiger partial charge < -0.3 is 0 Å². The molecule has 2 rings (SSSR count). The van der Waals surface area contributed by atoms with Crippen molar-refractivity contribution in [3.05, 3.63) is 67.3 Å². The Balaban J connectivity index is 2.59. The van der Waals surface area contributed by atoms with Crippen molar-refractivity contribution in [2.45, 2.75) is 27.7 Å².